The third-order valence-electron chi connectivity index (χ3n) is 3.28. The summed E-state index contributed by atoms with van der Waals surface area (Å²) in [5, 5.41) is 13.4. The van der Waals surface area contributed by atoms with Gasteiger partial charge in [-0.1, -0.05) is 17.7 Å². The summed E-state index contributed by atoms with van der Waals surface area (Å²) < 4.78 is 39.7. The van der Waals surface area contributed by atoms with Gasteiger partial charge in [0.25, 0.3) is 5.91 Å². The second-order valence-electron chi connectivity index (χ2n) is 5.12. The standard InChI is InChI=1S/C17H10ClF3N4O/c18-9-2-1-3-10(8-9)22-13-6-7-14(25-24-13)23-17(26)11-4-5-12(19)16(21)15(11)20/h1-8H,(H,22,24)(H,23,25,26). The van der Waals surface area contributed by atoms with Gasteiger partial charge < -0.3 is 10.6 Å². The number of nitrogens with one attached hydrogen (secondary N) is 2. The summed E-state index contributed by atoms with van der Waals surface area (Å²) in [4.78, 5) is 12.0. The lowest BCUT2D eigenvalue weighted by atomic mass is 10.2. The number of nitrogens with zero attached hydrogens (tertiary/aromatic N) is 2. The highest BCUT2D eigenvalue weighted by Crippen LogP contribution is 2.20. The highest BCUT2D eigenvalue weighted by Gasteiger charge is 2.19. The molecule has 5 nitrogen and oxygen atoms in total. The molecule has 0 aliphatic rings. The van der Waals surface area contributed by atoms with Crippen LogP contribution in [0.2, 0.25) is 5.02 Å². The van der Waals surface area contributed by atoms with Gasteiger partial charge in [-0.2, -0.15) is 0 Å². The van der Waals surface area contributed by atoms with Crippen LogP contribution >= 0.6 is 11.6 Å². The van der Waals surface area contributed by atoms with Crippen molar-refractivity contribution in [3.63, 3.8) is 0 Å². The molecule has 0 saturated heterocycles. The number of halogens is 4. The van der Waals surface area contributed by atoms with Crippen molar-refractivity contribution in [3.8, 4) is 0 Å². The molecule has 0 atom stereocenters. The number of hydrogen-bond donors (Lipinski definition) is 2. The fourth-order valence-electron chi connectivity index (χ4n) is 2.06. The van der Waals surface area contributed by atoms with Crippen molar-refractivity contribution < 1.29 is 18.0 Å². The normalized spacial score (nSPS) is 10.5. The van der Waals surface area contributed by atoms with Gasteiger partial charge in [0, 0.05) is 10.7 Å². The van der Waals surface area contributed by atoms with E-state index in [1.54, 1.807) is 24.3 Å². The van der Waals surface area contributed by atoms with Crippen LogP contribution in [0.1, 0.15) is 10.4 Å². The van der Waals surface area contributed by atoms with Crippen molar-refractivity contribution in [3.05, 3.63) is 76.6 Å². The van der Waals surface area contributed by atoms with Crippen molar-refractivity contribution in [2.75, 3.05) is 10.6 Å². The Balaban J connectivity index is 1.71. The van der Waals surface area contributed by atoms with Gasteiger partial charge in [-0.25, -0.2) is 13.2 Å². The second kappa shape index (κ2) is 7.40. The van der Waals surface area contributed by atoms with Crippen LogP contribution in [-0.4, -0.2) is 16.1 Å². The van der Waals surface area contributed by atoms with E-state index in [2.05, 4.69) is 20.8 Å². The van der Waals surface area contributed by atoms with Crippen molar-refractivity contribution in [2.24, 2.45) is 0 Å². The van der Waals surface area contributed by atoms with Crippen LogP contribution in [0, 0.1) is 17.5 Å². The average molecular weight is 379 g/mol. The zero-order chi connectivity index (χ0) is 18.7. The predicted molar refractivity (Wildman–Crippen MR) is 91.0 cm³/mol. The Morgan fingerprint density at radius 1 is 0.923 bits per heavy atom. The maximum absolute atomic E-state index is 13.6. The fraction of sp³-hybridized carbons (Fsp3) is 0. The molecular formula is C17H10ClF3N4O. The topological polar surface area (TPSA) is 66.9 Å². The first-order valence-electron chi connectivity index (χ1n) is 7.25. The fourth-order valence-corrected chi connectivity index (χ4v) is 2.25. The summed E-state index contributed by atoms with van der Waals surface area (Å²) >= 11 is 5.88. The first kappa shape index (κ1) is 17.7. The van der Waals surface area contributed by atoms with E-state index < -0.39 is 28.9 Å². The minimum absolute atomic E-state index is 0.00998. The van der Waals surface area contributed by atoms with E-state index in [0.717, 1.165) is 6.07 Å². The van der Waals surface area contributed by atoms with E-state index in [4.69, 9.17) is 11.6 Å². The van der Waals surface area contributed by atoms with Gasteiger partial charge in [-0.3, -0.25) is 4.79 Å². The molecule has 0 spiro atoms. The molecule has 1 amide bonds. The van der Waals surface area contributed by atoms with E-state index in [0.29, 0.717) is 22.6 Å². The van der Waals surface area contributed by atoms with E-state index in [9.17, 15) is 18.0 Å². The largest absolute Gasteiger partial charge is 0.339 e. The Morgan fingerprint density at radius 3 is 2.35 bits per heavy atom. The molecule has 0 radical (unpaired) electrons. The maximum atomic E-state index is 13.6. The van der Waals surface area contributed by atoms with Crippen molar-refractivity contribution in [1.29, 1.82) is 0 Å². The van der Waals surface area contributed by atoms with E-state index in [1.807, 2.05) is 0 Å². The average Bonchev–Trinajstić information content (AvgIpc) is 2.61. The van der Waals surface area contributed by atoms with Crippen LogP contribution in [0.5, 0.6) is 0 Å². The van der Waals surface area contributed by atoms with E-state index in [-0.39, 0.29) is 5.82 Å². The van der Waals surface area contributed by atoms with Crippen molar-refractivity contribution in [1.82, 2.24) is 10.2 Å². The summed E-state index contributed by atoms with van der Waals surface area (Å²) in [6.07, 6.45) is 0. The zero-order valence-corrected chi connectivity index (χ0v) is 13.7. The smallest absolute Gasteiger partial charge is 0.259 e. The molecule has 1 aromatic heterocycles. The van der Waals surface area contributed by atoms with Crippen LogP contribution in [0.15, 0.2) is 48.5 Å². The van der Waals surface area contributed by atoms with Gasteiger partial charge >= 0.3 is 0 Å². The molecule has 26 heavy (non-hydrogen) atoms. The molecule has 3 rings (SSSR count). The number of amides is 1. The van der Waals surface area contributed by atoms with Gasteiger partial charge in [0.15, 0.2) is 29.1 Å². The molecule has 0 unspecified atom stereocenters. The number of benzene rings is 2. The molecule has 0 bridgehead atoms. The Hall–Kier alpha value is -3.13. The number of carbonyl (C=O) groups excluding carboxylic acids is 1. The lowest BCUT2D eigenvalue weighted by molar-refractivity contribution is 0.102. The molecule has 2 aromatic carbocycles. The predicted octanol–water partition coefficient (Wildman–Crippen LogP) is 4.54. The first-order valence-corrected chi connectivity index (χ1v) is 7.63. The highest BCUT2D eigenvalue weighted by molar-refractivity contribution is 6.30. The molecule has 132 valence electrons. The molecule has 2 N–H and O–H groups in total. The minimum atomic E-state index is -1.72. The number of anilines is 3. The molecule has 0 aliphatic carbocycles. The maximum Gasteiger partial charge on any atom is 0.259 e. The Morgan fingerprint density at radius 2 is 1.65 bits per heavy atom. The minimum Gasteiger partial charge on any atom is -0.339 e. The summed E-state index contributed by atoms with van der Waals surface area (Å²) in [5.41, 5.74) is 0.0410. The van der Waals surface area contributed by atoms with E-state index in [1.165, 1.54) is 12.1 Å². The van der Waals surface area contributed by atoms with Gasteiger partial charge in [0.05, 0.1) is 5.56 Å². The van der Waals surface area contributed by atoms with Crippen LogP contribution < -0.4 is 10.6 Å². The molecule has 0 fully saturated rings. The molecule has 0 aliphatic heterocycles. The third-order valence-corrected chi connectivity index (χ3v) is 3.52. The molecule has 3 aromatic rings. The van der Waals surface area contributed by atoms with Crippen molar-refractivity contribution >= 4 is 34.8 Å². The molecule has 1 heterocycles. The summed E-state index contributed by atoms with van der Waals surface area (Å²) in [5.74, 6) is -5.26. The Kier molecular flexibility index (Phi) is 5.04. The Bertz CT molecular complexity index is 967. The summed E-state index contributed by atoms with van der Waals surface area (Å²) in [6, 6.07) is 11.4. The monoisotopic (exact) mass is 378 g/mol. The number of rotatable bonds is 4. The number of aromatic nitrogens is 2. The lowest BCUT2D eigenvalue weighted by Gasteiger charge is -2.08. The quantitative estimate of drug-likeness (QED) is 0.654. The highest BCUT2D eigenvalue weighted by atomic mass is 35.5. The van der Waals surface area contributed by atoms with Gasteiger partial charge in [-0.15, -0.1) is 10.2 Å². The summed E-state index contributed by atoms with van der Waals surface area (Å²) in [6.45, 7) is 0. The lowest BCUT2D eigenvalue weighted by Crippen LogP contribution is -2.16. The zero-order valence-electron chi connectivity index (χ0n) is 12.9. The second-order valence-corrected chi connectivity index (χ2v) is 5.55. The molecule has 9 heteroatoms. The first-order chi connectivity index (χ1) is 12.4. The molecular weight excluding hydrogens is 369 g/mol. The number of carbonyl (C=O) groups is 1. The third kappa shape index (κ3) is 3.92. The van der Waals surface area contributed by atoms with E-state index >= 15 is 0 Å². The van der Waals surface area contributed by atoms with Crippen LogP contribution in [0.3, 0.4) is 0 Å². The van der Waals surface area contributed by atoms with Gasteiger partial charge in [0.2, 0.25) is 0 Å². The SMILES string of the molecule is O=C(Nc1ccc(Nc2cccc(Cl)c2)nn1)c1ccc(F)c(F)c1F. The van der Waals surface area contributed by atoms with Crippen LogP contribution in [-0.2, 0) is 0 Å². The van der Waals surface area contributed by atoms with Crippen LogP contribution in [0.25, 0.3) is 0 Å². The Labute approximate surface area is 150 Å². The summed E-state index contributed by atoms with van der Waals surface area (Å²) in [7, 11) is 0. The van der Waals surface area contributed by atoms with Crippen LogP contribution in [0.4, 0.5) is 30.5 Å². The van der Waals surface area contributed by atoms with Gasteiger partial charge in [0.1, 0.15) is 0 Å². The number of hydrogen-bond acceptors (Lipinski definition) is 4. The van der Waals surface area contributed by atoms with Gasteiger partial charge in [-0.05, 0) is 42.5 Å². The van der Waals surface area contributed by atoms with Crippen molar-refractivity contribution in [2.45, 2.75) is 0 Å². The molecule has 0 saturated carbocycles.